The van der Waals surface area contributed by atoms with Crippen molar-refractivity contribution in [2.75, 3.05) is 0 Å². The molecule has 0 saturated heterocycles. The third-order valence-electron chi connectivity index (χ3n) is 10.7. The highest BCUT2D eigenvalue weighted by Gasteiger charge is 2.16. The fourth-order valence-electron chi connectivity index (χ4n) is 7.45. The summed E-state index contributed by atoms with van der Waals surface area (Å²) >= 11 is 0. The van der Waals surface area contributed by atoms with Crippen LogP contribution in [0.25, 0.3) is 60.6 Å². The summed E-state index contributed by atoms with van der Waals surface area (Å²) in [6, 6.07) is 56.9. The maximum atomic E-state index is 5.31. The Kier molecular flexibility index (Phi) is 9.40. The highest BCUT2D eigenvalue weighted by Crippen LogP contribution is 2.40. The van der Waals surface area contributed by atoms with Crippen molar-refractivity contribution in [2.24, 2.45) is 10.9 Å². The van der Waals surface area contributed by atoms with E-state index in [2.05, 4.69) is 203 Å². The summed E-state index contributed by atoms with van der Waals surface area (Å²) in [5, 5.41) is 6.02. The fraction of sp³-hybridized carbons (Fsp3) is 0.0962. The Labute approximate surface area is 313 Å². The molecule has 53 heavy (non-hydrogen) atoms. The number of hydrogen-bond acceptors (Lipinski definition) is 1. The lowest BCUT2D eigenvalue weighted by Gasteiger charge is -2.17. The van der Waals surface area contributed by atoms with Crippen molar-refractivity contribution >= 4 is 38.4 Å². The number of fused-ring (bicyclic) bond motifs is 3. The van der Waals surface area contributed by atoms with E-state index in [0.29, 0.717) is 5.92 Å². The van der Waals surface area contributed by atoms with Crippen molar-refractivity contribution in [3.8, 4) is 22.3 Å². The molecule has 7 aromatic carbocycles. The lowest BCUT2D eigenvalue weighted by molar-refractivity contribution is 0.847. The summed E-state index contributed by atoms with van der Waals surface area (Å²) in [5.74, 6) is 0.345. The Hall–Kier alpha value is -6.31. The fourth-order valence-corrected chi connectivity index (χ4v) is 7.45. The minimum atomic E-state index is 0.345. The van der Waals surface area contributed by atoms with Gasteiger partial charge in [-0.3, -0.25) is 0 Å². The van der Waals surface area contributed by atoms with Crippen molar-refractivity contribution in [2.45, 2.75) is 27.2 Å². The largest absolute Gasteiger partial charge is 0.248 e. The predicted octanol–water partition coefficient (Wildman–Crippen LogP) is 13.7. The van der Waals surface area contributed by atoms with Crippen LogP contribution in [0.1, 0.15) is 42.5 Å². The molecule has 0 aromatic heterocycles. The standard InChI is InChI=1S/C52H43N/c1-35-17-15-21-42(30-37(35)3)45-31-44(32-46(33-45)50-34-43-20-11-12-22-47(43)48-23-13-14-24-49(48)50)40-26-28-41(29-27-40)52(38(4)39-18-8-6-9-19-39)53-51-25-10-5-7-16-36(51)2/h5-29,31-35H,3,30H2,1-2,4H3/b52-38+,53-51?. The minimum absolute atomic E-state index is 0.345. The van der Waals surface area contributed by atoms with Gasteiger partial charge < -0.3 is 0 Å². The zero-order chi connectivity index (χ0) is 36.3. The Morgan fingerprint density at radius 2 is 1.25 bits per heavy atom. The summed E-state index contributed by atoms with van der Waals surface area (Å²) in [6.07, 6.45) is 7.57. The Morgan fingerprint density at radius 3 is 2.04 bits per heavy atom. The van der Waals surface area contributed by atoms with E-state index in [9.17, 15) is 0 Å². The van der Waals surface area contributed by atoms with E-state index in [1.807, 2.05) is 0 Å². The summed E-state index contributed by atoms with van der Waals surface area (Å²) in [7, 11) is 0. The molecule has 0 N–H and O–H groups in total. The van der Waals surface area contributed by atoms with Crippen molar-refractivity contribution in [3.05, 3.63) is 216 Å². The summed E-state index contributed by atoms with van der Waals surface area (Å²) in [4.78, 5) is 5.31. The van der Waals surface area contributed by atoms with Gasteiger partial charge in [-0.15, -0.1) is 0 Å². The van der Waals surface area contributed by atoms with Crippen molar-refractivity contribution in [1.29, 1.82) is 0 Å². The van der Waals surface area contributed by atoms with E-state index >= 15 is 0 Å². The van der Waals surface area contributed by atoms with E-state index in [-0.39, 0.29) is 0 Å². The second-order valence-electron chi connectivity index (χ2n) is 14.2. The minimum Gasteiger partial charge on any atom is -0.248 e. The molecule has 1 atom stereocenters. The van der Waals surface area contributed by atoms with Crippen LogP contribution in [0.4, 0.5) is 0 Å². The second-order valence-corrected chi connectivity index (χ2v) is 14.2. The van der Waals surface area contributed by atoms with Crippen LogP contribution in [0.5, 0.6) is 0 Å². The monoisotopic (exact) mass is 681 g/mol. The number of rotatable bonds is 6. The van der Waals surface area contributed by atoms with E-state index in [1.165, 1.54) is 54.9 Å². The number of aryl methyl sites for hydroxylation is 1. The predicted molar refractivity (Wildman–Crippen MR) is 228 cm³/mol. The third-order valence-corrected chi connectivity index (χ3v) is 10.7. The maximum Gasteiger partial charge on any atom is 0.0744 e. The average molecular weight is 682 g/mol. The van der Waals surface area contributed by atoms with E-state index in [4.69, 9.17) is 4.99 Å². The molecular formula is C52H43N. The van der Waals surface area contributed by atoms with Gasteiger partial charge in [0.15, 0.2) is 0 Å². The Morgan fingerprint density at radius 1 is 0.604 bits per heavy atom. The number of hydrogen-bond donors (Lipinski definition) is 0. The van der Waals surface area contributed by atoms with Crippen LogP contribution < -0.4 is 5.36 Å². The van der Waals surface area contributed by atoms with Crippen molar-refractivity contribution in [1.82, 2.24) is 0 Å². The average Bonchev–Trinajstić information content (AvgIpc) is 3.52. The molecule has 0 spiro atoms. The van der Waals surface area contributed by atoms with E-state index in [1.54, 1.807) is 0 Å². The highest BCUT2D eigenvalue weighted by atomic mass is 14.7. The lowest BCUT2D eigenvalue weighted by atomic mass is 9.87. The molecule has 7 aromatic rings. The number of nitrogens with zero attached hydrogens (tertiary/aromatic N) is 1. The van der Waals surface area contributed by atoms with Gasteiger partial charge in [-0.2, -0.15) is 0 Å². The summed E-state index contributed by atoms with van der Waals surface area (Å²) in [6.45, 7) is 11.0. The zero-order valence-corrected chi connectivity index (χ0v) is 30.7. The quantitative estimate of drug-likeness (QED) is 0.0941. The maximum absolute atomic E-state index is 5.31. The van der Waals surface area contributed by atoms with Crippen LogP contribution in [0.15, 0.2) is 193 Å². The first-order valence-electron chi connectivity index (χ1n) is 18.5. The number of allylic oxidation sites excluding steroid dienone is 6. The smallest absolute Gasteiger partial charge is 0.0744 e. The van der Waals surface area contributed by atoms with Gasteiger partial charge in [-0.25, -0.2) is 4.99 Å². The SMILES string of the molecule is C=C1CC(c2cc(-c3ccc(/C(N=c4cccccc4C)=C(/C)c4ccccc4)cc3)cc(-c3cc4ccccc4c4ccccc34)c2)=CC=CC1C. The van der Waals surface area contributed by atoms with Gasteiger partial charge in [0.05, 0.1) is 11.1 Å². The molecule has 1 nitrogen and oxygen atoms in total. The molecule has 0 amide bonds. The highest BCUT2D eigenvalue weighted by molar-refractivity contribution is 6.14. The first-order chi connectivity index (χ1) is 25.9. The van der Waals surface area contributed by atoms with Crippen LogP contribution in [0.2, 0.25) is 0 Å². The topological polar surface area (TPSA) is 12.4 Å². The van der Waals surface area contributed by atoms with Crippen LogP contribution in [-0.4, -0.2) is 0 Å². The van der Waals surface area contributed by atoms with Gasteiger partial charge in [-0.05, 0) is 128 Å². The van der Waals surface area contributed by atoms with Gasteiger partial charge >= 0.3 is 0 Å². The van der Waals surface area contributed by atoms with Crippen LogP contribution in [0.3, 0.4) is 0 Å². The molecule has 256 valence electrons. The lowest BCUT2D eigenvalue weighted by Crippen LogP contribution is -2.04. The van der Waals surface area contributed by atoms with E-state index in [0.717, 1.165) is 45.3 Å². The first-order valence-corrected chi connectivity index (χ1v) is 18.5. The third kappa shape index (κ3) is 6.99. The van der Waals surface area contributed by atoms with E-state index < -0.39 is 0 Å². The van der Waals surface area contributed by atoms with Crippen LogP contribution in [0, 0.1) is 12.8 Å². The molecule has 0 heterocycles. The first kappa shape index (κ1) is 33.8. The molecular weight excluding hydrogens is 639 g/mol. The van der Waals surface area contributed by atoms with Crippen molar-refractivity contribution < 1.29 is 0 Å². The second kappa shape index (κ2) is 14.7. The van der Waals surface area contributed by atoms with Gasteiger partial charge in [0.2, 0.25) is 0 Å². The molecule has 0 aliphatic heterocycles. The van der Waals surface area contributed by atoms with Crippen molar-refractivity contribution in [3.63, 3.8) is 0 Å². The van der Waals surface area contributed by atoms with Gasteiger partial charge in [0.1, 0.15) is 0 Å². The molecule has 1 aliphatic rings. The molecule has 0 fully saturated rings. The molecule has 1 unspecified atom stereocenters. The summed E-state index contributed by atoms with van der Waals surface area (Å²) < 4.78 is 0. The molecule has 8 rings (SSSR count). The van der Waals surface area contributed by atoms with Crippen LogP contribution >= 0.6 is 0 Å². The molecule has 1 aliphatic carbocycles. The molecule has 0 bridgehead atoms. The zero-order valence-electron chi connectivity index (χ0n) is 30.7. The molecule has 0 radical (unpaired) electrons. The van der Waals surface area contributed by atoms with Crippen LogP contribution in [-0.2, 0) is 0 Å². The molecule has 1 heteroatoms. The van der Waals surface area contributed by atoms with Gasteiger partial charge in [0.25, 0.3) is 0 Å². The molecule has 0 saturated carbocycles. The summed E-state index contributed by atoms with van der Waals surface area (Å²) in [5.41, 5.74) is 14.0. The normalized spacial score (nSPS) is 15.3. The van der Waals surface area contributed by atoms with Gasteiger partial charge in [0, 0.05) is 5.56 Å². The number of benzene rings is 6. The Bertz CT molecular complexity index is 2670. The van der Waals surface area contributed by atoms with Gasteiger partial charge in [-0.1, -0.05) is 165 Å². The Balaban J connectivity index is 1.30.